The highest BCUT2D eigenvalue weighted by molar-refractivity contribution is 5.22. The van der Waals surface area contributed by atoms with Crippen LogP contribution >= 0.6 is 0 Å². The second kappa shape index (κ2) is 6.91. The van der Waals surface area contributed by atoms with Gasteiger partial charge in [0.15, 0.2) is 11.6 Å². The fourth-order valence-electron chi connectivity index (χ4n) is 2.79. The van der Waals surface area contributed by atoms with Crippen LogP contribution < -0.4 is 0 Å². The Hall–Kier alpha value is -1.32. The minimum Gasteiger partial charge on any atom is -0.210 e. The third-order valence-electron chi connectivity index (χ3n) is 3.91. The van der Waals surface area contributed by atoms with Gasteiger partial charge in [-0.2, -0.15) is 0 Å². The fraction of sp³-hybridized carbons (Fsp3) is 0.500. The highest BCUT2D eigenvalue weighted by atomic mass is 19.3. The van der Waals surface area contributed by atoms with Crippen molar-refractivity contribution in [2.45, 2.75) is 44.4 Å². The van der Waals surface area contributed by atoms with Crippen LogP contribution in [0.2, 0.25) is 0 Å². The molecule has 4 heteroatoms. The van der Waals surface area contributed by atoms with Crippen LogP contribution in [0.3, 0.4) is 0 Å². The van der Waals surface area contributed by atoms with Crippen molar-refractivity contribution in [3.63, 3.8) is 0 Å². The molecule has 0 atom stereocenters. The van der Waals surface area contributed by atoms with Gasteiger partial charge in [0.2, 0.25) is 6.43 Å². The molecule has 1 fully saturated rings. The molecule has 0 nitrogen and oxygen atoms in total. The molecule has 20 heavy (non-hydrogen) atoms. The zero-order valence-electron chi connectivity index (χ0n) is 11.2. The van der Waals surface area contributed by atoms with E-state index in [2.05, 4.69) is 0 Å². The van der Waals surface area contributed by atoms with E-state index in [4.69, 9.17) is 0 Å². The van der Waals surface area contributed by atoms with Crippen LogP contribution in [0.15, 0.2) is 30.4 Å². The molecule has 0 aromatic heterocycles. The molecule has 0 amide bonds. The second-order valence-corrected chi connectivity index (χ2v) is 5.34. The SMILES string of the molecule is Fc1ccc(C2CCC(/C=C/CC(F)F)CC2)cc1F. The molecule has 0 saturated heterocycles. The summed E-state index contributed by atoms with van der Waals surface area (Å²) in [5, 5.41) is 0. The Morgan fingerprint density at radius 3 is 2.35 bits per heavy atom. The number of allylic oxidation sites excluding steroid dienone is 2. The Morgan fingerprint density at radius 1 is 1.05 bits per heavy atom. The molecule has 0 heterocycles. The lowest BCUT2D eigenvalue weighted by Gasteiger charge is -2.27. The van der Waals surface area contributed by atoms with Crippen molar-refractivity contribution in [2.24, 2.45) is 5.92 Å². The molecule has 0 aliphatic heterocycles. The Balaban J connectivity index is 1.87. The van der Waals surface area contributed by atoms with Crippen molar-refractivity contribution in [2.75, 3.05) is 0 Å². The summed E-state index contributed by atoms with van der Waals surface area (Å²) in [6.45, 7) is 0. The molecule has 0 bridgehead atoms. The lowest BCUT2D eigenvalue weighted by molar-refractivity contribution is 0.152. The highest BCUT2D eigenvalue weighted by Crippen LogP contribution is 2.36. The Morgan fingerprint density at radius 2 is 1.75 bits per heavy atom. The number of benzene rings is 1. The first-order valence-electron chi connectivity index (χ1n) is 6.96. The van der Waals surface area contributed by atoms with E-state index in [-0.39, 0.29) is 12.3 Å². The lowest BCUT2D eigenvalue weighted by atomic mass is 9.78. The summed E-state index contributed by atoms with van der Waals surface area (Å²) < 4.78 is 50.1. The molecule has 0 unspecified atom stereocenters. The molecule has 2 rings (SSSR count). The third-order valence-corrected chi connectivity index (χ3v) is 3.91. The first-order chi connectivity index (χ1) is 9.56. The fourth-order valence-corrected chi connectivity index (χ4v) is 2.79. The van der Waals surface area contributed by atoms with Crippen molar-refractivity contribution in [3.05, 3.63) is 47.5 Å². The minimum absolute atomic E-state index is 0.191. The van der Waals surface area contributed by atoms with Gasteiger partial charge < -0.3 is 0 Å². The van der Waals surface area contributed by atoms with Crippen molar-refractivity contribution in [1.82, 2.24) is 0 Å². The van der Waals surface area contributed by atoms with Crippen LogP contribution in [-0.4, -0.2) is 6.43 Å². The summed E-state index contributed by atoms with van der Waals surface area (Å²) in [5.41, 5.74) is 0.832. The average Bonchev–Trinajstić information content (AvgIpc) is 2.42. The van der Waals surface area contributed by atoms with Crippen molar-refractivity contribution < 1.29 is 17.6 Å². The van der Waals surface area contributed by atoms with Crippen molar-refractivity contribution in [1.29, 1.82) is 0 Å². The van der Waals surface area contributed by atoms with Gasteiger partial charge in [-0.1, -0.05) is 18.2 Å². The van der Waals surface area contributed by atoms with Gasteiger partial charge in [-0.25, -0.2) is 17.6 Å². The van der Waals surface area contributed by atoms with E-state index in [0.717, 1.165) is 31.2 Å². The summed E-state index contributed by atoms with van der Waals surface area (Å²) in [7, 11) is 0. The Kier molecular flexibility index (Phi) is 5.21. The second-order valence-electron chi connectivity index (χ2n) is 5.34. The summed E-state index contributed by atoms with van der Waals surface area (Å²) in [4.78, 5) is 0. The zero-order chi connectivity index (χ0) is 14.5. The normalized spacial score (nSPS) is 23.6. The maximum Gasteiger partial charge on any atom is 0.242 e. The summed E-state index contributed by atoms with van der Waals surface area (Å²) in [5.74, 6) is -1.06. The van der Waals surface area contributed by atoms with E-state index in [0.29, 0.717) is 5.92 Å². The van der Waals surface area contributed by atoms with Crippen LogP contribution in [0, 0.1) is 17.6 Å². The van der Waals surface area contributed by atoms with Crippen molar-refractivity contribution in [3.8, 4) is 0 Å². The number of alkyl halides is 2. The van der Waals surface area contributed by atoms with Crippen LogP contribution in [0.4, 0.5) is 17.6 Å². The predicted molar refractivity (Wildman–Crippen MR) is 70.8 cm³/mol. The van der Waals surface area contributed by atoms with Gasteiger partial charge in [0, 0.05) is 6.42 Å². The van der Waals surface area contributed by atoms with Crippen LogP contribution in [-0.2, 0) is 0 Å². The monoisotopic (exact) mass is 286 g/mol. The van der Waals surface area contributed by atoms with E-state index in [1.807, 2.05) is 6.08 Å². The van der Waals surface area contributed by atoms with Gasteiger partial charge in [-0.15, -0.1) is 0 Å². The van der Waals surface area contributed by atoms with Crippen LogP contribution in [0.1, 0.15) is 43.6 Å². The molecule has 0 N–H and O–H groups in total. The quantitative estimate of drug-likeness (QED) is 0.510. The van der Waals surface area contributed by atoms with Gasteiger partial charge in [0.1, 0.15) is 0 Å². The summed E-state index contributed by atoms with van der Waals surface area (Å²) >= 11 is 0. The molecule has 1 aromatic rings. The molecule has 1 aliphatic carbocycles. The molecule has 1 aliphatic rings. The highest BCUT2D eigenvalue weighted by Gasteiger charge is 2.21. The smallest absolute Gasteiger partial charge is 0.210 e. The van der Waals surface area contributed by atoms with Gasteiger partial charge in [0.25, 0.3) is 0 Å². The zero-order valence-corrected chi connectivity index (χ0v) is 11.2. The Labute approximate surface area is 116 Å². The molecule has 0 spiro atoms. The molecule has 1 saturated carbocycles. The van der Waals surface area contributed by atoms with E-state index in [9.17, 15) is 17.6 Å². The third kappa shape index (κ3) is 4.09. The summed E-state index contributed by atoms with van der Waals surface area (Å²) in [6, 6.07) is 4.07. The standard InChI is InChI=1S/C16H18F4/c17-14-9-8-13(10-15(14)18)12-6-4-11(5-7-12)2-1-3-16(19)20/h1-2,8-12,16H,3-7H2/b2-1+. The molecule has 110 valence electrons. The van der Waals surface area contributed by atoms with Crippen molar-refractivity contribution >= 4 is 0 Å². The maximum absolute atomic E-state index is 13.2. The molecule has 1 aromatic carbocycles. The number of halogens is 4. The van der Waals surface area contributed by atoms with Gasteiger partial charge >= 0.3 is 0 Å². The van der Waals surface area contributed by atoms with Gasteiger partial charge in [-0.3, -0.25) is 0 Å². The van der Waals surface area contributed by atoms with E-state index in [1.165, 1.54) is 12.1 Å². The van der Waals surface area contributed by atoms with Gasteiger partial charge in [-0.05, 0) is 55.2 Å². The summed E-state index contributed by atoms with van der Waals surface area (Å²) in [6.07, 6.45) is 4.52. The minimum atomic E-state index is -2.29. The first kappa shape index (κ1) is 15.1. The number of rotatable bonds is 4. The van der Waals surface area contributed by atoms with Gasteiger partial charge in [0.05, 0.1) is 0 Å². The maximum atomic E-state index is 13.2. The molecule has 0 radical (unpaired) electrons. The predicted octanol–water partition coefficient (Wildman–Crippen LogP) is 5.45. The lowest BCUT2D eigenvalue weighted by Crippen LogP contribution is -2.12. The largest absolute Gasteiger partial charge is 0.242 e. The van der Waals surface area contributed by atoms with Crippen LogP contribution in [0.25, 0.3) is 0 Å². The Bertz CT molecular complexity index is 460. The van der Waals surface area contributed by atoms with E-state index < -0.39 is 18.1 Å². The molecular formula is C16H18F4. The molecular weight excluding hydrogens is 268 g/mol. The average molecular weight is 286 g/mol. The van der Waals surface area contributed by atoms with E-state index >= 15 is 0 Å². The number of hydrogen-bond acceptors (Lipinski definition) is 0. The number of hydrogen-bond donors (Lipinski definition) is 0. The van der Waals surface area contributed by atoms with Crippen LogP contribution in [0.5, 0.6) is 0 Å². The first-order valence-corrected chi connectivity index (χ1v) is 6.96. The topological polar surface area (TPSA) is 0 Å². The van der Waals surface area contributed by atoms with E-state index in [1.54, 1.807) is 12.1 Å².